The lowest BCUT2D eigenvalue weighted by Gasteiger charge is -2.51. The summed E-state index contributed by atoms with van der Waals surface area (Å²) in [5.41, 5.74) is 0.933. The third-order valence-corrected chi connectivity index (χ3v) is 8.32. The monoisotopic (exact) mass is 446 g/mol. The standard InChI is InChI=1S/C25H39FN4O2/c1-28(2)25(21-6-8-22(26)9-7-21)12-10-24(11-13-25)19-29(16-14-27-15-17-31)23(32)30(24)18-20-4-3-5-20/h6-9,20,27,31H,3-5,10-19H2,1-2H3/t24-,25+. The first kappa shape index (κ1) is 23.5. The smallest absolute Gasteiger partial charge is 0.320 e. The van der Waals surface area contributed by atoms with Gasteiger partial charge in [0, 0.05) is 38.3 Å². The predicted octanol–water partition coefficient (Wildman–Crippen LogP) is 3.02. The number of urea groups is 1. The second-order valence-corrected chi connectivity index (χ2v) is 10.2. The highest BCUT2D eigenvalue weighted by Gasteiger charge is 2.54. The van der Waals surface area contributed by atoms with Crippen molar-refractivity contribution in [2.24, 2.45) is 5.92 Å². The summed E-state index contributed by atoms with van der Waals surface area (Å²) in [5, 5.41) is 12.2. The lowest BCUT2D eigenvalue weighted by atomic mass is 9.68. The van der Waals surface area contributed by atoms with Gasteiger partial charge in [-0.05, 0) is 76.2 Å². The zero-order valence-electron chi connectivity index (χ0n) is 19.7. The average Bonchev–Trinajstić information content (AvgIpc) is 3.00. The SMILES string of the molecule is CN(C)[C@]1(c2ccc(F)cc2)CC[C@]2(CC1)CN(CCNCCO)C(=O)N2CC1CCC1. The third-order valence-electron chi connectivity index (χ3n) is 8.32. The van der Waals surface area contributed by atoms with Crippen molar-refractivity contribution in [3.05, 3.63) is 35.6 Å². The molecule has 0 radical (unpaired) electrons. The number of nitrogens with zero attached hydrogens (tertiary/aromatic N) is 3. The molecular weight excluding hydrogens is 407 g/mol. The van der Waals surface area contributed by atoms with Crippen molar-refractivity contribution < 1.29 is 14.3 Å². The van der Waals surface area contributed by atoms with Gasteiger partial charge in [0.25, 0.3) is 0 Å². The zero-order valence-corrected chi connectivity index (χ0v) is 19.7. The highest BCUT2D eigenvalue weighted by molar-refractivity contribution is 5.78. The quantitative estimate of drug-likeness (QED) is 0.573. The van der Waals surface area contributed by atoms with Crippen LogP contribution in [0.2, 0.25) is 0 Å². The van der Waals surface area contributed by atoms with Crippen LogP contribution in [0.5, 0.6) is 0 Å². The number of carbonyl (C=O) groups is 1. The molecule has 2 aliphatic carbocycles. The Balaban J connectivity index is 1.52. The van der Waals surface area contributed by atoms with Crippen LogP contribution in [0, 0.1) is 11.7 Å². The summed E-state index contributed by atoms with van der Waals surface area (Å²) in [5.74, 6) is 0.439. The van der Waals surface area contributed by atoms with Crippen molar-refractivity contribution in [1.82, 2.24) is 20.0 Å². The Morgan fingerprint density at radius 2 is 1.81 bits per heavy atom. The summed E-state index contributed by atoms with van der Waals surface area (Å²) in [6, 6.07) is 7.17. The Morgan fingerprint density at radius 1 is 1.12 bits per heavy atom. The highest BCUT2D eigenvalue weighted by atomic mass is 19.1. The van der Waals surface area contributed by atoms with E-state index in [1.807, 2.05) is 17.0 Å². The average molecular weight is 447 g/mol. The third kappa shape index (κ3) is 4.39. The van der Waals surface area contributed by atoms with E-state index in [1.165, 1.54) is 24.8 Å². The van der Waals surface area contributed by atoms with Crippen molar-refractivity contribution in [3.8, 4) is 0 Å². The molecule has 1 saturated heterocycles. The van der Waals surface area contributed by atoms with Crippen LogP contribution in [0.25, 0.3) is 0 Å². The van der Waals surface area contributed by atoms with Crippen molar-refractivity contribution in [2.45, 2.75) is 56.0 Å². The molecule has 0 bridgehead atoms. The maximum Gasteiger partial charge on any atom is 0.320 e. The van der Waals surface area contributed by atoms with Crippen LogP contribution in [0.4, 0.5) is 9.18 Å². The molecule has 3 fully saturated rings. The number of hydrogen-bond donors (Lipinski definition) is 2. The Morgan fingerprint density at radius 3 is 2.38 bits per heavy atom. The molecule has 178 valence electrons. The molecular formula is C25H39FN4O2. The first-order valence-electron chi connectivity index (χ1n) is 12.2. The summed E-state index contributed by atoms with van der Waals surface area (Å²) in [6.07, 6.45) is 7.57. The van der Waals surface area contributed by atoms with Gasteiger partial charge in [-0.15, -0.1) is 0 Å². The van der Waals surface area contributed by atoms with Gasteiger partial charge in [0.2, 0.25) is 0 Å². The fourth-order valence-corrected chi connectivity index (χ4v) is 5.99. The van der Waals surface area contributed by atoms with E-state index in [2.05, 4.69) is 29.2 Å². The lowest BCUT2D eigenvalue weighted by Crippen LogP contribution is -2.56. The van der Waals surface area contributed by atoms with Crippen LogP contribution in [-0.4, -0.2) is 84.8 Å². The molecule has 2 amide bonds. The maximum absolute atomic E-state index is 13.6. The number of halogens is 1. The minimum Gasteiger partial charge on any atom is -0.395 e. The first-order valence-corrected chi connectivity index (χ1v) is 12.2. The molecule has 0 aromatic heterocycles. The van der Waals surface area contributed by atoms with Gasteiger partial charge in [-0.1, -0.05) is 18.6 Å². The van der Waals surface area contributed by atoms with E-state index >= 15 is 0 Å². The number of hydrogen-bond acceptors (Lipinski definition) is 4. The number of rotatable bonds is 9. The van der Waals surface area contributed by atoms with Gasteiger partial charge in [0.05, 0.1) is 12.1 Å². The van der Waals surface area contributed by atoms with Gasteiger partial charge >= 0.3 is 6.03 Å². The lowest BCUT2D eigenvalue weighted by molar-refractivity contribution is 0.0159. The Bertz CT molecular complexity index is 773. The number of aliphatic hydroxyl groups is 1. The van der Waals surface area contributed by atoms with Gasteiger partial charge in [-0.25, -0.2) is 9.18 Å². The first-order chi connectivity index (χ1) is 15.4. The van der Waals surface area contributed by atoms with E-state index in [0.717, 1.165) is 38.8 Å². The summed E-state index contributed by atoms with van der Waals surface area (Å²) < 4.78 is 13.6. The molecule has 2 saturated carbocycles. The van der Waals surface area contributed by atoms with Crippen molar-refractivity contribution in [1.29, 1.82) is 0 Å². The van der Waals surface area contributed by atoms with Gasteiger partial charge in [0.15, 0.2) is 0 Å². The van der Waals surface area contributed by atoms with E-state index < -0.39 is 0 Å². The van der Waals surface area contributed by atoms with Crippen LogP contribution in [-0.2, 0) is 5.54 Å². The molecule has 0 atom stereocenters. The number of carbonyl (C=O) groups excluding carboxylic acids is 1. The van der Waals surface area contributed by atoms with Crippen LogP contribution in [0.3, 0.4) is 0 Å². The summed E-state index contributed by atoms with van der Waals surface area (Å²) >= 11 is 0. The Kier molecular flexibility index (Phi) is 7.08. The van der Waals surface area contributed by atoms with Crippen molar-refractivity contribution in [2.75, 3.05) is 53.4 Å². The predicted molar refractivity (Wildman–Crippen MR) is 124 cm³/mol. The summed E-state index contributed by atoms with van der Waals surface area (Å²) in [7, 11) is 4.23. The number of amides is 2. The van der Waals surface area contributed by atoms with E-state index in [-0.39, 0.29) is 29.5 Å². The number of nitrogens with one attached hydrogen (secondary N) is 1. The summed E-state index contributed by atoms with van der Waals surface area (Å²) in [4.78, 5) is 20.0. The maximum atomic E-state index is 13.6. The normalized spacial score (nSPS) is 28.7. The van der Waals surface area contributed by atoms with Crippen LogP contribution in [0.15, 0.2) is 24.3 Å². The zero-order chi connectivity index (χ0) is 22.8. The fraction of sp³-hybridized carbons (Fsp3) is 0.720. The van der Waals surface area contributed by atoms with Gasteiger partial charge in [-0.3, -0.25) is 4.90 Å². The number of benzene rings is 1. The van der Waals surface area contributed by atoms with Gasteiger partial charge < -0.3 is 20.2 Å². The molecule has 2 N–H and O–H groups in total. The highest BCUT2D eigenvalue weighted by Crippen LogP contribution is 2.49. The minimum absolute atomic E-state index is 0.108. The molecule has 1 heterocycles. The largest absolute Gasteiger partial charge is 0.395 e. The molecule has 6 nitrogen and oxygen atoms in total. The second-order valence-electron chi connectivity index (χ2n) is 10.2. The van der Waals surface area contributed by atoms with Crippen LogP contribution < -0.4 is 5.32 Å². The van der Waals surface area contributed by atoms with E-state index in [4.69, 9.17) is 5.11 Å². The molecule has 1 spiro atoms. The van der Waals surface area contributed by atoms with Crippen molar-refractivity contribution in [3.63, 3.8) is 0 Å². The molecule has 0 unspecified atom stereocenters. The van der Waals surface area contributed by atoms with E-state index in [0.29, 0.717) is 25.6 Å². The van der Waals surface area contributed by atoms with Gasteiger partial charge in [0.1, 0.15) is 5.82 Å². The molecule has 32 heavy (non-hydrogen) atoms. The molecule has 4 rings (SSSR count). The minimum atomic E-state index is -0.201. The van der Waals surface area contributed by atoms with Crippen LogP contribution in [0.1, 0.15) is 50.5 Å². The number of aliphatic hydroxyl groups excluding tert-OH is 1. The van der Waals surface area contributed by atoms with E-state index in [1.54, 1.807) is 12.1 Å². The molecule has 3 aliphatic rings. The van der Waals surface area contributed by atoms with E-state index in [9.17, 15) is 9.18 Å². The molecule has 1 aromatic rings. The molecule has 7 heteroatoms. The van der Waals surface area contributed by atoms with Gasteiger partial charge in [-0.2, -0.15) is 0 Å². The topological polar surface area (TPSA) is 59.0 Å². The van der Waals surface area contributed by atoms with Crippen molar-refractivity contribution >= 4 is 6.03 Å². The van der Waals surface area contributed by atoms with Crippen LogP contribution >= 0.6 is 0 Å². The Labute approximate surface area is 191 Å². The summed E-state index contributed by atoms with van der Waals surface area (Å²) in [6.45, 7) is 3.72. The Hall–Kier alpha value is -1.70. The fourth-order valence-electron chi connectivity index (χ4n) is 5.99. The molecule has 1 aliphatic heterocycles. The second kappa shape index (κ2) is 9.65. The molecule has 1 aromatic carbocycles.